The van der Waals surface area contributed by atoms with Crippen LogP contribution in [0.4, 0.5) is 0 Å². The molecule has 0 bridgehead atoms. The van der Waals surface area contributed by atoms with Crippen molar-refractivity contribution in [3.8, 4) is 16.9 Å². The number of carbonyl (C=O) groups excluding carboxylic acids is 1. The maximum Gasteiger partial charge on any atom is 0.253 e. The molecule has 5 nitrogen and oxygen atoms in total. The quantitative estimate of drug-likeness (QED) is 0.547. The second-order valence-electron chi connectivity index (χ2n) is 6.25. The monoisotopic (exact) mass is 388 g/mol. The second kappa shape index (κ2) is 8.06. The Morgan fingerprint density at radius 1 is 0.964 bits per heavy atom. The molecule has 0 spiro atoms. The van der Waals surface area contributed by atoms with Crippen molar-refractivity contribution in [3.63, 3.8) is 0 Å². The molecule has 28 heavy (non-hydrogen) atoms. The van der Waals surface area contributed by atoms with Gasteiger partial charge in [0.25, 0.3) is 5.91 Å². The van der Waals surface area contributed by atoms with Crippen LogP contribution < -0.4 is 5.32 Å². The normalized spacial score (nSPS) is 10.6. The minimum absolute atomic E-state index is 0.172. The summed E-state index contributed by atoms with van der Waals surface area (Å²) in [5.74, 6) is -0.172. The predicted molar refractivity (Wildman–Crippen MR) is 109 cm³/mol. The number of pyridine rings is 1. The maximum absolute atomic E-state index is 12.3. The lowest BCUT2D eigenvalue weighted by Gasteiger charge is -2.06. The summed E-state index contributed by atoms with van der Waals surface area (Å²) in [6.45, 7) is 0.432. The predicted octanol–water partition coefficient (Wildman–Crippen LogP) is 4.52. The Bertz CT molecular complexity index is 1070. The van der Waals surface area contributed by atoms with E-state index in [1.165, 1.54) is 0 Å². The van der Waals surface area contributed by atoms with Gasteiger partial charge in [-0.1, -0.05) is 41.9 Å². The highest BCUT2D eigenvalue weighted by Gasteiger charge is 2.09. The number of amides is 1. The van der Waals surface area contributed by atoms with Crippen LogP contribution in [0.3, 0.4) is 0 Å². The van der Waals surface area contributed by atoms with E-state index in [0.717, 1.165) is 22.5 Å². The van der Waals surface area contributed by atoms with Crippen LogP contribution >= 0.6 is 11.6 Å². The molecule has 0 saturated heterocycles. The zero-order valence-corrected chi connectivity index (χ0v) is 15.7. The van der Waals surface area contributed by atoms with Crippen LogP contribution in [0.15, 0.2) is 85.3 Å². The fourth-order valence-corrected chi connectivity index (χ4v) is 2.89. The highest BCUT2D eigenvalue weighted by atomic mass is 35.5. The van der Waals surface area contributed by atoms with Crippen LogP contribution in [0.2, 0.25) is 5.02 Å². The molecule has 0 unspecified atom stereocenters. The first-order valence-electron chi connectivity index (χ1n) is 8.78. The van der Waals surface area contributed by atoms with E-state index < -0.39 is 0 Å². The Morgan fingerprint density at radius 3 is 2.46 bits per heavy atom. The van der Waals surface area contributed by atoms with E-state index in [1.54, 1.807) is 35.3 Å². The SMILES string of the molecule is O=C(NCc1ccc(Cl)cc1)c1ccc(-c2cnn(-c3ccccc3)c2)nc1. The van der Waals surface area contributed by atoms with Gasteiger partial charge in [0.05, 0.1) is 23.1 Å². The van der Waals surface area contributed by atoms with Crippen LogP contribution in [-0.4, -0.2) is 20.7 Å². The number of halogens is 1. The van der Waals surface area contributed by atoms with Gasteiger partial charge in [0.2, 0.25) is 0 Å². The fraction of sp³-hybridized carbons (Fsp3) is 0.0455. The van der Waals surface area contributed by atoms with Crippen molar-refractivity contribution < 1.29 is 4.79 Å². The van der Waals surface area contributed by atoms with E-state index in [4.69, 9.17) is 11.6 Å². The van der Waals surface area contributed by atoms with E-state index in [2.05, 4.69) is 15.4 Å². The van der Waals surface area contributed by atoms with Crippen molar-refractivity contribution in [3.05, 3.63) is 101 Å². The molecule has 2 aromatic heterocycles. The van der Waals surface area contributed by atoms with E-state index in [1.807, 2.05) is 54.7 Å². The first kappa shape index (κ1) is 17.9. The summed E-state index contributed by atoms with van der Waals surface area (Å²) >= 11 is 5.87. The van der Waals surface area contributed by atoms with E-state index >= 15 is 0 Å². The highest BCUT2D eigenvalue weighted by molar-refractivity contribution is 6.30. The number of nitrogens with zero attached hydrogens (tertiary/aromatic N) is 3. The van der Waals surface area contributed by atoms with Crippen LogP contribution in [-0.2, 0) is 6.54 Å². The molecule has 4 rings (SSSR count). The zero-order valence-electron chi connectivity index (χ0n) is 14.9. The average Bonchev–Trinajstić information content (AvgIpc) is 3.24. The summed E-state index contributed by atoms with van der Waals surface area (Å²) in [5.41, 5.74) is 4.11. The summed E-state index contributed by atoms with van der Waals surface area (Å²) in [4.78, 5) is 16.7. The molecule has 0 aliphatic carbocycles. The van der Waals surface area contributed by atoms with Gasteiger partial charge in [0.15, 0.2) is 0 Å². The first-order chi connectivity index (χ1) is 13.7. The van der Waals surface area contributed by atoms with Gasteiger partial charge in [-0.3, -0.25) is 9.78 Å². The van der Waals surface area contributed by atoms with Crippen molar-refractivity contribution in [2.75, 3.05) is 0 Å². The summed E-state index contributed by atoms with van der Waals surface area (Å²) in [7, 11) is 0. The molecule has 0 fully saturated rings. The first-order valence-corrected chi connectivity index (χ1v) is 9.16. The van der Waals surface area contributed by atoms with Gasteiger partial charge in [-0.2, -0.15) is 5.10 Å². The van der Waals surface area contributed by atoms with Crippen molar-refractivity contribution >= 4 is 17.5 Å². The van der Waals surface area contributed by atoms with E-state index in [0.29, 0.717) is 17.1 Å². The van der Waals surface area contributed by atoms with Crippen molar-refractivity contribution in [2.45, 2.75) is 6.54 Å². The number of hydrogen-bond donors (Lipinski definition) is 1. The topological polar surface area (TPSA) is 59.8 Å². The number of nitrogens with one attached hydrogen (secondary N) is 1. The van der Waals surface area contributed by atoms with Gasteiger partial charge in [-0.25, -0.2) is 4.68 Å². The Labute approximate surface area is 167 Å². The lowest BCUT2D eigenvalue weighted by molar-refractivity contribution is 0.0950. The number of aromatic nitrogens is 3. The van der Waals surface area contributed by atoms with Crippen molar-refractivity contribution in [1.82, 2.24) is 20.1 Å². The molecule has 1 amide bonds. The number of benzene rings is 2. The van der Waals surface area contributed by atoms with Gasteiger partial charge in [-0.05, 0) is 42.0 Å². The molecule has 2 aromatic carbocycles. The molecule has 4 aromatic rings. The van der Waals surface area contributed by atoms with E-state index in [9.17, 15) is 4.79 Å². The third-order valence-electron chi connectivity index (χ3n) is 4.29. The Balaban J connectivity index is 1.43. The number of rotatable bonds is 5. The Kier molecular flexibility index (Phi) is 5.17. The molecular formula is C22H17ClN4O. The van der Waals surface area contributed by atoms with Gasteiger partial charge in [0, 0.05) is 29.5 Å². The van der Waals surface area contributed by atoms with E-state index in [-0.39, 0.29) is 5.91 Å². The largest absolute Gasteiger partial charge is 0.348 e. The molecule has 1 N–H and O–H groups in total. The molecule has 0 saturated carbocycles. The molecule has 0 radical (unpaired) electrons. The van der Waals surface area contributed by atoms with Gasteiger partial charge in [-0.15, -0.1) is 0 Å². The Hall–Kier alpha value is -3.44. The number of hydrogen-bond acceptors (Lipinski definition) is 3. The smallest absolute Gasteiger partial charge is 0.253 e. The van der Waals surface area contributed by atoms with Crippen LogP contribution in [0.1, 0.15) is 15.9 Å². The molecule has 0 atom stereocenters. The highest BCUT2D eigenvalue weighted by Crippen LogP contribution is 2.18. The molecule has 6 heteroatoms. The molecule has 0 aliphatic rings. The maximum atomic E-state index is 12.3. The second-order valence-corrected chi connectivity index (χ2v) is 6.69. The standard InChI is InChI=1S/C22H17ClN4O/c23-19-9-6-16(7-10-19)12-25-22(28)17-8-11-21(24-13-17)18-14-26-27(15-18)20-4-2-1-3-5-20/h1-11,13-15H,12H2,(H,25,28). The number of carbonyl (C=O) groups is 1. The summed E-state index contributed by atoms with van der Waals surface area (Å²) in [5, 5.41) is 7.93. The molecule has 138 valence electrons. The number of para-hydroxylation sites is 1. The third kappa shape index (κ3) is 4.10. The average molecular weight is 389 g/mol. The molecule has 0 aliphatic heterocycles. The van der Waals surface area contributed by atoms with Crippen molar-refractivity contribution in [1.29, 1.82) is 0 Å². The minimum atomic E-state index is -0.172. The van der Waals surface area contributed by atoms with Gasteiger partial charge in [0.1, 0.15) is 0 Å². The van der Waals surface area contributed by atoms with Gasteiger partial charge >= 0.3 is 0 Å². The van der Waals surface area contributed by atoms with Gasteiger partial charge < -0.3 is 5.32 Å². The Morgan fingerprint density at radius 2 is 1.75 bits per heavy atom. The molecule has 2 heterocycles. The fourth-order valence-electron chi connectivity index (χ4n) is 2.76. The van der Waals surface area contributed by atoms with Crippen LogP contribution in [0.25, 0.3) is 16.9 Å². The lowest BCUT2D eigenvalue weighted by Crippen LogP contribution is -2.22. The lowest BCUT2D eigenvalue weighted by atomic mass is 10.2. The van der Waals surface area contributed by atoms with Crippen LogP contribution in [0.5, 0.6) is 0 Å². The summed E-state index contributed by atoms with van der Waals surface area (Å²) in [6.07, 6.45) is 5.25. The van der Waals surface area contributed by atoms with Crippen LogP contribution in [0, 0.1) is 0 Å². The third-order valence-corrected chi connectivity index (χ3v) is 4.54. The van der Waals surface area contributed by atoms with Crippen molar-refractivity contribution in [2.24, 2.45) is 0 Å². The zero-order chi connectivity index (χ0) is 19.3. The summed E-state index contributed by atoms with van der Waals surface area (Å²) in [6, 6.07) is 20.8. The summed E-state index contributed by atoms with van der Waals surface area (Å²) < 4.78 is 1.80. The molecular weight excluding hydrogens is 372 g/mol. The minimum Gasteiger partial charge on any atom is -0.348 e.